The van der Waals surface area contributed by atoms with E-state index in [-0.39, 0.29) is 11.7 Å². The van der Waals surface area contributed by atoms with Crippen LogP contribution < -0.4 is 10.6 Å². The zero-order valence-electron chi connectivity index (χ0n) is 17.2. The SMILES string of the molecule is O=C(Nc1ccccc1C(=O)NCc1ccccc1)c1cc2c(ccc3ccccc32)o1. The van der Waals surface area contributed by atoms with E-state index in [1.54, 1.807) is 30.3 Å². The molecule has 32 heavy (non-hydrogen) atoms. The Morgan fingerprint density at radius 1 is 0.719 bits per heavy atom. The topological polar surface area (TPSA) is 71.3 Å². The Balaban J connectivity index is 1.38. The lowest BCUT2D eigenvalue weighted by atomic mass is 10.1. The van der Waals surface area contributed by atoms with E-state index in [0.29, 0.717) is 23.4 Å². The van der Waals surface area contributed by atoms with Crippen LogP contribution in [0.1, 0.15) is 26.5 Å². The van der Waals surface area contributed by atoms with E-state index >= 15 is 0 Å². The molecule has 2 N–H and O–H groups in total. The van der Waals surface area contributed by atoms with Crippen LogP contribution >= 0.6 is 0 Å². The number of nitrogens with one attached hydrogen (secondary N) is 2. The molecule has 5 aromatic rings. The highest BCUT2D eigenvalue weighted by Crippen LogP contribution is 2.28. The molecule has 0 unspecified atom stereocenters. The molecule has 2 amide bonds. The molecule has 0 radical (unpaired) electrons. The Morgan fingerprint density at radius 2 is 1.47 bits per heavy atom. The fraction of sp³-hybridized carbons (Fsp3) is 0.0370. The third-order valence-electron chi connectivity index (χ3n) is 5.37. The minimum atomic E-state index is -0.409. The summed E-state index contributed by atoms with van der Waals surface area (Å²) >= 11 is 0. The van der Waals surface area contributed by atoms with Crippen molar-refractivity contribution < 1.29 is 14.0 Å². The number of benzene rings is 4. The first-order chi connectivity index (χ1) is 15.7. The maximum atomic E-state index is 12.9. The van der Waals surface area contributed by atoms with Gasteiger partial charge in [-0.2, -0.15) is 0 Å². The normalized spacial score (nSPS) is 10.9. The Hall–Kier alpha value is -4.38. The van der Waals surface area contributed by atoms with E-state index in [9.17, 15) is 9.59 Å². The number of carbonyl (C=O) groups excluding carboxylic acids is 2. The van der Waals surface area contributed by atoms with E-state index in [2.05, 4.69) is 10.6 Å². The van der Waals surface area contributed by atoms with Gasteiger partial charge in [-0.05, 0) is 40.6 Å². The number of para-hydroxylation sites is 1. The van der Waals surface area contributed by atoms with Crippen LogP contribution in [0.5, 0.6) is 0 Å². The second-order valence-corrected chi connectivity index (χ2v) is 7.48. The predicted octanol–water partition coefficient (Wildman–Crippen LogP) is 5.77. The molecule has 1 heterocycles. The molecule has 0 saturated carbocycles. The number of anilines is 1. The number of rotatable bonds is 5. The van der Waals surface area contributed by atoms with Crippen LogP contribution in [0, 0.1) is 0 Å². The highest BCUT2D eigenvalue weighted by Gasteiger charge is 2.17. The van der Waals surface area contributed by atoms with Gasteiger partial charge in [-0.3, -0.25) is 9.59 Å². The molecule has 0 spiro atoms. The number of furan rings is 1. The van der Waals surface area contributed by atoms with Gasteiger partial charge in [0.1, 0.15) is 5.58 Å². The van der Waals surface area contributed by atoms with Crippen molar-refractivity contribution in [2.45, 2.75) is 6.54 Å². The van der Waals surface area contributed by atoms with Crippen LogP contribution in [0.4, 0.5) is 5.69 Å². The lowest BCUT2D eigenvalue weighted by Gasteiger charge is -2.11. The summed E-state index contributed by atoms with van der Waals surface area (Å²) in [6.07, 6.45) is 0. The maximum Gasteiger partial charge on any atom is 0.291 e. The summed E-state index contributed by atoms with van der Waals surface area (Å²) in [6, 6.07) is 30.1. The van der Waals surface area contributed by atoms with Gasteiger partial charge >= 0.3 is 0 Å². The highest BCUT2D eigenvalue weighted by molar-refractivity contribution is 6.12. The lowest BCUT2D eigenvalue weighted by Crippen LogP contribution is -2.24. The van der Waals surface area contributed by atoms with Crippen LogP contribution in [0.2, 0.25) is 0 Å². The molecule has 0 aliphatic carbocycles. The third-order valence-corrected chi connectivity index (χ3v) is 5.37. The van der Waals surface area contributed by atoms with Gasteiger partial charge < -0.3 is 15.1 Å². The molecule has 0 atom stereocenters. The summed E-state index contributed by atoms with van der Waals surface area (Å²) in [6.45, 7) is 0.401. The standard InChI is InChI=1S/C27H20N2O3/c30-26(28-17-18-8-2-1-3-9-18)21-12-6-7-13-23(21)29-27(31)25-16-22-20-11-5-4-10-19(20)14-15-24(22)32-25/h1-16H,17H2,(H,28,30)(H,29,31). The molecule has 1 aromatic heterocycles. The Bertz CT molecular complexity index is 1440. The van der Waals surface area contributed by atoms with Crippen molar-refractivity contribution in [3.63, 3.8) is 0 Å². The van der Waals surface area contributed by atoms with Crippen molar-refractivity contribution in [1.82, 2.24) is 5.32 Å². The first-order valence-corrected chi connectivity index (χ1v) is 10.3. The van der Waals surface area contributed by atoms with Gasteiger partial charge in [0.25, 0.3) is 11.8 Å². The minimum absolute atomic E-state index is 0.191. The van der Waals surface area contributed by atoms with Crippen LogP contribution in [0.3, 0.4) is 0 Å². The van der Waals surface area contributed by atoms with Gasteiger partial charge in [0.05, 0.1) is 11.3 Å². The smallest absolute Gasteiger partial charge is 0.291 e. The number of amides is 2. The Kier molecular flexibility index (Phi) is 5.14. The fourth-order valence-electron chi connectivity index (χ4n) is 3.75. The summed E-state index contributed by atoms with van der Waals surface area (Å²) in [4.78, 5) is 25.7. The van der Waals surface area contributed by atoms with E-state index in [4.69, 9.17) is 4.42 Å². The zero-order chi connectivity index (χ0) is 21.9. The summed E-state index contributed by atoms with van der Waals surface area (Å²) in [7, 11) is 0. The van der Waals surface area contributed by atoms with Crippen molar-refractivity contribution >= 4 is 39.2 Å². The molecule has 5 nitrogen and oxygen atoms in total. The van der Waals surface area contributed by atoms with E-state index in [1.165, 1.54) is 0 Å². The third kappa shape index (κ3) is 3.84. The van der Waals surface area contributed by atoms with Crippen LogP contribution in [0.25, 0.3) is 21.7 Å². The van der Waals surface area contributed by atoms with Gasteiger partial charge in [-0.1, -0.05) is 72.8 Å². The molecule has 0 aliphatic heterocycles. The van der Waals surface area contributed by atoms with Crippen molar-refractivity contribution in [3.8, 4) is 0 Å². The molecule has 0 aliphatic rings. The van der Waals surface area contributed by atoms with E-state index < -0.39 is 5.91 Å². The van der Waals surface area contributed by atoms with Gasteiger partial charge in [0, 0.05) is 11.9 Å². The molecular formula is C27H20N2O3. The summed E-state index contributed by atoms with van der Waals surface area (Å²) in [5, 5.41) is 8.69. The van der Waals surface area contributed by atoms with Crippen LogP contribution in [-0.4, -0.2) is 11.8 Å². The highest BCUT2D eigenvalue weighted by atomic mass is 16.3. The van der Waals surface area contributed by atoms with Gasteiger partial charge in [0.15, 0.2) is 5.76 Å². The lowest BCUT2D eigenvalue weighted by molar-refractivity contribution is 0.0952. The molecule has 0 fully saturated rings. The van der Waals surface area contributed by atoms with E-state index in [0.717, 1.165) is 21.7 Å². The quantitative estimate of drug-likeness (QED) is 0.379. The predicted molar refractivity (Wildman–Crippen MR) is 126 cm³/mol. The largest absolute Gasteiger partial charge is 0.451 e. The number of hydrogen-bond donors (Lipinski definition) is 2. The number of hydrogen-bond acceptors (Lipinski definition) is 3. The molecule has 0 saturated heterocycles. The Morgan fingerprint density at radius 3 is 2.34 bits per heavy atom. The van der Waals surface area contributed by atoms with Crippen molar-refractivity contribution in [2.75, 3.05) is 5.32 Å². The fourth-order valence-corrected chi connectivity index (χ4v) is 3.75. The van der Waals surface area contributed by atoms with Gasteiger partial charge in [0.2, 0.25) is 0 Å². The molecule has 0 bridgehead atoms. The average molecular weight is 420 g/mol. The second kappa shape index (κ2) is 8.40. The van der Waals surface area contributed by atoms with Crippen molar-refractivity contribution in [2.24, 2.45) is 0 Å². The summed E-state index contributed by atoms with van der Waals surface area (Å²) in [5.41, 5.74) is 2.45. The minimum Gasteiger partial charge on any atom is -0.451 e. The number of carbonyl (C=O) groups is 2. The molecule has 156 valence electrons. The maximum absolute atomic E-state index is 12.9. The molecule has 4 aromatic carbocycles. The summed E-state index contributed by atoms with van der Waals surface area (Å²) in [5.74, 6) is -0.482. The average Bonchev–Trinajstić information content (AvgIpc) is 3.29. The number of fused-ring (bicyclic) bond motifs is 3. The summed E-state index contributed by atoms with van der Waals surface area (Å²) < 4.78 is 5.80. The zero-order valence-corrected chi connectivity index (χ0v) is 17.2. The first-order valence-electron chi connectivity index (χ1n) is 10.3. The Labute approximate surface area is 184 Å². The van der Waals surface area contributed by atoms with Crippen LogP contribution in [-0.2, 0) is 6.54 Å². The second-order valence-electron chi connectivity index (χ2n) is 7.48. The molecule has 5 heteroatoms. The molecule has 5 rings (SSSR count). The van der Waals surface area contributed by atoms with E-state index in [1.807, 2.05) is 66.7 Å². The first kappa shape index (κ1) is 19.6. The monoisotopic (exact) mass is 420 g/mol. The van der Waals surface area contributed by atoms with Gasteiger partial charge in [-0.15, -0.1) is 0 Å². The van der Waals surface area contributed by atoms with Gasteiger partial charge in [-0.25, -0.2) is 0 Å². The van der Waals surface area contributed by atoms with Crippen LogP contribution in [0.15, 0.2) is 101 Å². The molecular weight excluding hydrogens is 400 g/mol. The van der Waals surface area contributed by atoms with Crippen molar-refractivity contribution in [1.29, 1.82) is 0 Å². The van der Waals surface area contributed by atoms with Crippen molar-refractivity contribution in [3.05, 3.63) is 114 Å².